The summed E-state index contributed by atoms with van der Waals surface area (Å²) in [4.78, 5) is 24.7. The first-order chi connectivity index (χ1) is 9.01. The van der Waals surface area contributed by atoms with Crippen LogP contribution in [0.1, 0.15) is 24.5 Å². The Bertz CT molecular complexity index is 577. The number of carbonyl (C=O) groups is 2. The van der Waals surface area contributed by atoms with Gasteiger partial charge in [-0.3, -0.25) is 9.59 Å². The van der Waals surface area contributed by atoms with E-state index in [2.05, 4.69) is 6.07 Å². The minimum atomic E-state index is 0.00601. The first-order valence-corrected chi connectivity index (χ1v) is 6.87. The summed E-state index contributed by atoms with van der Waals surface area (Å²) < 4.78 is 0. The zero-order chi connectivity index (χ0) is 14.0. The lowest BCUT2D eigenvalue weighted by Crippen LogP contribution is -2.25. The predicted molar refractivity (Wildman–Crippen MR) is 74.9 cm³/mol. The molecule has 1 amide bonds. The van der Waals surface area contributed by atoms with Gasteiger partial charge in [-0.05, 0) is 24.6 Å². The number of benzene rings is 1. The number of hydrogen-bond acceptors (Lipinski definition) is 4. The Morgan fingerprint density at radius 3 is 2.89 bits per heavy atom. The van der Waals surface area contributed by atoms with E-state index in [9.17, 15) is 9.59 Å². The molecule has 19 heavy (non-hydrogen) atoms. The van der Waals surface area contributed by atoms with Gasteiger partial charge >= 0.3 is 0 Å². The molecule has 0 radical (unpaired) electrons. The maximum Gasteiger partial charge on any atom is 0.228 e. The lowest BCUT2D eigenvalue weighted by molar-refractivity contribution is -0.117. The first kappa shape index (κ1) is 13.6. The molecule has 2 rings (SSSR count). The van der Waals surface area contributed by atoms with Gasteiger partial charge in [0.1, 0.15) is 0 Å². The highest BCUT2D eigenvalue weighted by molar-refractivity contribution is 8.14. The smallest absolute Gasteiger partial charge is 0.228 e. The lowest BCUT2D eigenvalue weighted by atomic mass is 10.1. The van der Waals surface area contributed by atoms with E-state index in [0.29, 0.717) is 18.5 Å². The van der Waals surface area contributed by atoms with Crippen molar-refractivity contribution in [1.82, 2.24) is 0 Å². The number of nitriles is 1. The van der Waals surface area contributed by atoms with Crippen LogP contribution in [-0.2, 0) is 9.59 Å². The van der Waals surface area contributed by atoms with Crippen LogP contribution in [0.4, 0.5) is 5.69 Å². The summed E-state index contributed by atoms with van der Waals surface area (Å²) in [5.74, 6) is 0.00601. The Kier molecular flexibility index (Phi) is 3.91. The van der Waals surface area contributed by atoms with E-state index in [1.807, 2.05) is 19.1 Å². The number of thioether (sulfide) groups is 1. The lowest BCUT2D eigenvalue weighted by Gasteiger charge is -2.17. The predicted octanol–water partition coefficient (Wildman–Crippen LogP) is 2.25. The van der Waals surface area contributed by atoms with E-state index < -0.39 is 0 Å². The topological polar surface area (TPSA) is 61.2 Å². The zero-order valence-corrected chi connectivity index (χ0v) is 11.7. The Morgan fingerprint density at radius 2 is 2.26 bits per heavy atom. The Balaban J connectivity index is 2.21. The van der Waals surface area contributed by atoms with Gasteiger partial charge in [0.15, 0.2) is 5.12 Å². The highest BCUT2D eigenvalue weighted by Gasteiger charge is 2.32. The van der Waals surface area contributed by atoms with Crippen LogP contribution in [0.2, 0.25) is 0 Å². The molecular formula is C14H14N2O2S. The molecule has 0 aliphatic carbocycles. The van der Waals surface area contributed by atoms with Crippen LogP contribution in [-0.4, -0.2) is 22.8 Å². The average Bonchev–Trinajstić information content (AvgIpc) is 2.70. The summed E-state index contributed by atoms with van der Waals surface area (Å²) in [6.07, 6.45) is 0.375. The standard InChI is InChI=1S/C14H14N2O2S/c1-9-3-4-12(5-11(9)7-15)16-8-13(6-14(16)18)19-10(2)17/h3-5,13H,6,8H2,1-2H3. The molecule has 5 heteroatoms. The molecule has 4 nitrogen and oxygen atoms in total. The maximum absolute atomic E-state index is 12.0. The molecule has 0 saturated carbocycles. The fraction of sp³-hybridized carbons (Fsp3) is 0.357. The minimum absolute atomic E-state index is 0.00601. The average molecular weight is 274 g/mol. The second kappa shape index (κ2) is 5.45. The van der Waals surface area contributed by atoms with Crippen LogP contribution in [0.25, 0.3) is 0 Å². The number of amides is 1. The van der Waals surface area contributed by atoms with Crippen LogP contribution in [0.15, 0.2) is 18.2 Å². The van der Waals surface area contributed by atoms with E-state index in [-0.39, 0.29) is 16.3 Å². The van der Waals surface area contributed by atoms with Crippen molar-refractivity contribution in [2.45, 2.75) is 25.5 Å². The van der Waals surface area contributed by atoms with E-state index >= 15 is 0 Å². The molecule has 1 aliphatic rings. The van der Waals surface area contributed by atoms with E-state index in [4.69, 9.17) is 5.26 Å². The van der Waals surface area contributed by atoms with Crippen molar-refractivity contribution >= 4 is 28.5 Å². The molecule has 1 heterocycles. The van der Waals surface area contributed by atoms with Gasteiger partial charge in [0.2, 0.25) is 5.91 Å². The minimum Gasteiger partial charge on any atom is -0.311 e. The third-order valence-electron chi connectivity index (χ3n) is 3.08. The molecule has 1 atom stereocenters. The number of carbonyl (C=O) groups excluding carboxylic acids is 2. The van der Waals surface area contributed by atoms with Gasteiger partial charge < -0.3 is 4.90 Å². The molecular weight excluding hydrogens is 260 g/mol. The van der Waals surface area contributed by atoms with E-state index in [1.54, 1.807) is 11.0 Å². The summed E-state index contributed by atoms with van der Waals surface area (Å²) in [7, 11) is 0. The molecule has 0 spiro atoms. The highest BCUT2D eigenvalue weighted by Crippen LogP contribution is 2.29. The van der Waals surface area contributed by atoms with Crippen molar-refractivity contribution < 1.29 is 9.59 Å². The van der Waals surface area contributed by atoms with Gasteiger partial charge in [0, 0.05) is 30.8 Å². The van der Waals surface area contributed by atoms with Crippen molar-refractivity contribution in [3.8, 4) is 6.07 Å². The summed E-state index contributed by atoms with van der Waals surface area (Å²) in [6.45, 7) is 3.90. The molecule has 1 aromatic carbocycles. The van der Waals surface area contributed by atoms with Crippen molar-refractivity contribution in [2.24, 2.45) is 0 Å². The quantitative estimate of drug-likeness (QED) is 0.830. The molecule has 1 unspecified atom stereocenters. The van der Waals surface area contributed by atoms with Crippen molar-refractivity contribution in [3.63, 3.8) is 0 Å². The zero-order valence-electron chi connectivity index (χ0n) is 10.8. The van der Waals surface area contributed by atoms with Crippen LogP contribution < -0.4 is 4.90 Å². The molecule has 0 aromatic heterocycles. The largest absolute Gasteiger partial charge is 0.311 e. The van der Waals surface area contributed by atoms with E-state index in [1.165, 1.54) is 18.7 Å². The van der Waals surface area contributed by atoms with Gasteiger partial charge in [-0.1, -0.05) is 17.8 Å². The fourth-order valence-electron chi connectivity index (χ4n) is 2.14. The van der Waals surface area contributed by atoms with Crippen LogP contribution in [0.5, 0.6) is 0 Å². The molecule has 1 fully saturated rings. The number of hydrogen-bond donors (Lipinski definition) is 0. The Morgan fingerprint density at radius 1 is 1.53 bits per heavy atom. The molecule has 1 saturated heterocycles. The van der Waals surface area contributed by atoms with Crippen LogP contribution in [0, 0.1) is 18.3 Å². The first-order valence-electron chi connectivity index (χ1n) is 5.99. The summed E-state index contributed by atoms with van der Waals surface area (Å²) in [6, 6.07) is 7.53. The van der Waals surface area contributed by atoms with Gasteiger partial charge in [-0.2, -0.15) is 5.26 Å². The Labute approximate surface area is 116 Å². The summed E-state index contributed by atoms with van der Waals surface area (Å²) in [5.41, 5.74) is 2.21. The monoisotopic (exact) mass is 274 g/mol. The second-order valence-corrected chi connectivity index (χ2v) is 6.03. The Hall–Kier alpha value is -1.80. The third kappa shape index (κ3) is 2.96. The van der Waals surface area contributed by atoms with Crippen LogP contribution >= 0.6 is 11.8 Å². The van der Waals surface area contributed by atoms with Crippen molar-refractivity contribution in [1.29, 1.82) is 5.26 Å². The number of rotatable bonds is 2. The van der Waals surface area contributed by atoms with Gasteiger partial charge in [-0.25, -0.2) is 0 Å². The summed E-state index contributed by atoms with van der Waals surface area (Å²) in [5, 5.41) is 9.06. The second-order valence-electron chi connectivity index (χ2n) is 4.55. The SMILES string of the molecule is CC(=O)SC1CC(=O)N(c2ccc(C)c(C#N)c2)C1. The number of aryl methyl sites for hydroxylation is 1. The van der Waals surface area contributed by atoms with Gasteiger partial charge in [0.05, 0.1) is 11.6 Å². The van der Waals surface area contributed by atoms with Crippen LogP contribution in [0.3, 0.4) is 0 Å². The molecule has 0 bridgehead atoms. The molecule has 0 N–H and O–H groups in total. The van der Waals surface area contributed by atoms with Gasteiger partial charge in [0.25, 0.3) is 0 Å². The van der Waals surface area contributed by atoms with Crippen molar-refractivity contribution in [3.05, 3.63) is 29.3 Å². The molecule has 1 aliphatic heterocycles. The molecule has 1 aromatic rings. The fourth-order valence-corrected chi connectivity index (χ4v) is 3.06. The number of anilines is 1. The van der Waals surface area contributed by atoms with E-state index in [0.717, 1.165) is 11.3 Å². The third-order valence-corrected chi connectivity index (χ3v) is 4.06. The van der Waals surface area contributed by atoms with Gasteiger partial charge in [-0.15, -0.1) is 0 Å². The molecule has 98 valence electrons. The number of nitrogens with zero attached hydrogens (tertiary/aromatic N) is 2. The highest BCUT2D eigenvalue weighted by atomic mass is 32.2. The maximum atomic E-state index is 12.0. The normalized spacial score (nSPS) is 18.5. The van der Waals surface area contributed by atoms with Crippen molar-refractivity contribution in [2.75, 3.05) is 11.4 Å². The summed E-state index contributed by atoms with van der Waals surface area (Å²) >= 11 is 1.21.